The van der Waals surface area contributed by atoms with Gasteiger partial charge in [0.1, 0.15) is 0 Å². The van der Waals surface area contributed by atoms with E-state index in [2.05, 4.69) is 49.8 Å². The molecule has 0 heterocycles. The Morgan fingerprint density at radius 2 is 1.62 bits per heavy atom. The lowest BCUT2D eigenvalue weighted by Gasteiger charge is -2.11. The van der Waals surface area contributed by atoms with Gasteiger partial charge in [-0.05, 0) is 37.1 Å². The molecule has 0 aromatic heterocycles. The van der Waals surface area contributed by atoms with Gasteiger partial charge in [0.25, 0.3) is 0 Å². The molecule has 0 spiro atoms. The van der Waals surface area contributed by atoms with Crippen LogP contribution in [0.4, 0.5) is 5.69 Å². The number of anilines is 1. The molecule has 1 aromatic carbocycles. The zero-order chi connectivity index (χ0) is 12.7. The first-order chi connectivity index (χ1) is 7.56. The molecule has 0 saturated carbocycles. The molecule has 1 nitrogen and oxygen atoms in total. The van der Waals surface area contributed by atoms with Crippen molar-refractivity contribution in [1.29, 1.82) is 0 Å². The molecule has 1 heteroatoms. The highest BCUT2D eigenvalue weighted by molar-refractivity contribution is 5.77. The highest BCUT2D eigenvalue weighted by Gasteiger charge is 2.03. The SMILES string of the molecule is C=C.C=C(C)c1ccc(NC)c(C(=C)C)c1. The van der Waals surface area contributed by atoms with Crippen molar-refractivity contribution in [2.45, 2.75) is 13.8 Å². The molecule has 0 aliphatic heterocycles. The third-order valence-corrected chi connectivity index (χ3v) is 2.24. The molecule has 1 rings (SSSR count). The van der Waals surface area contributed by atoms with Gasteiger partial charge in [-0.15, -0.1) is 13.2 Å². The van der Waals surface area contributed by atoms with Gasteiger partial charge in [0.05, 0.1) is 0 Å². The zero-order valence-corrected chi connectivity index (χ0v) is 10.6. The van der Waals surface area contributed by atoms with Crippen molar-refractivity contribution < 1.29 is 0 Å². The van der Waals surface area contributed by atoms with E-state index >= 15 is 0 Å². The number of hydrogen-bond acceptors (Lipinski definition) is 1. The fourth-order valence-electron chi connectivity index (χ4n) is 1.38. The lowest BCUT2D eigenvalue weighted by Crippen LogP contribution is -1.94. The van der Waals surface area contributed by atoms with Gasteiger partial charge in [-0.2, -0.15) is 0 Å². The van der Waals surface area contributed by atoms with E-state index in [1.807, 2.05) is 20.9 Å². The number of rotatable bonds is 3. The highest BCUT2D eigenvalue weighted by atomic mass is 14.8. The van der Waals surface area contributed by atoms with Crippen LogP contribution in [-0.2, 0) is 0 Å². The molecule has 0 radical (unpaired) electrons. The summed E-state index contributed by atoms with van der Waals surface area (Å²) in [7, 11) is 1.92. The van der Waals surface area contributed by atoms with E-state index < -0.39 is 0 Å². The van der Waals surface area contributed by atoms with Crippen LogP contribution < -0.4 is 5.32 Å². The van der Waals surface area contributed by atoms with E-state index in [0.29, 0.717) is 0 Å². The van der Waals surface area contributed by atoms with E-state index in [1.165, 1.54) is 5.56 Å². The van der Waals surface area contributed by atoms with Crippen molar-refractivity contribution in [3.63, 3.8) is 0 Å². The summed E-state index contributed by atoms with van der Waals surface area (Å²) in [6, 6.07) is 6.26. The van der Waals surface area contributed by atoms with E-state index in [9.17, 15) is 0 Å². The smallest absolute Gasteiger partial charge is 0.0414 e. The molecule has 0 aliphatic carbocycles. The Kier molecular flexibility index (Phi) is 5.94. The second-order valence-corrected chi connectivity index (χ2v) is 3.57. The normalized spacial score (nSPS) is 8.69. The lowest BCUT2D eigenvalue weighted by atomic mass is 10.0. The van der Waals surface area contributed by atoms with Crippen LogP contribution in [0.1, 0.15) is 25.0 Å². The maximum atomic E-state index is 3.96. The van der Waals surface area contributed by atoms with Crippen molar-refractivity contribution in [3.05, 3.63) is 55.6 Å². The number of hydrogen-bond donors (Lipinski definition) is 1. The van der Waals surface area contributed by atoms with Crippen LogP contribution in [0.25, 0.3) is 11.1 Å². The average molecular weight is 215 g/mol. The average Bonchev–Trinajstić information content (AvgIpc) is 2.30. The van der Waals surface area contributed by atoms with Crippen molar-refractivity contribution in [2.24, 2.45) is 0 Å². The van der Waals surface area contributed by atoms with Gasteiger partial charge in [0.2, 0.25) is 0 Å². The summed E-state index contributed by atoms with van der Waals surface area (Å²) in [6.07, 6.45) is 0. The van der Waals surface area contributed by atoms with Crippen molar-refractivity contribution in [3.8, 4) is 0 Å². The summed E-state index contributed by atoms with van der Waals surface area (Å²) in [6.45, 7) is 17.9. The predicted octanol–water partition coefficient (Wildman–Crippen LogP) is 4.60. The molecule has 1 N–H and O–H groups in total. The lowest BCUT2D eigenvalue weighted by molar-refractivity contribution is 1.45. The van der Waals surface area contributed by atoms with Gasteiger partial charge in [-0.3, -0.25) is 0 Å². The van der Waals surface area contributed by atoms with Crippen LogP contribution in [0, 0.1) is 0 Å². The zero-order valence-electron chi connectivity index (χ0n) is 10.6. The van der Waals surface area contributed by atoms with Gasteiger partial charge >= 0.3 is 0 Å². The first-order valence-corrected chi connectivity index (χ1v) is 5.20. The predicted molar refractivity (Wildman–Crippen MR) is 76.7 cm³/mol. The van der Waals surface area contributed by atoms with Gasteiger partial charge in [-0.1, -0.05) is 24.8 Å². The van der Waals surface area contributed by atoms with E-state index in [0.717, 1.165) is 22.4 Å². The molecule has 0 aliphatic rings. The largest absolute Gasteiger partial charge is 0.388 e. The maximum Gasteiger partial charge on any atom is 0.0414 e. The Balaban J connectivity index is 0.00000106. The van der Waals surface area contributed by atoms with Crippen molar-refractivity contribution in [1.82, 2.24) is 0 Å². The molecular formula is C15H21N. The van der Waals surface area contributed by atoms with Crippen molar-refractivity contribution in [2.75, 3.05) is 12.4 Å². The van der Waals surface area contributed by atoms with Gasteiger partial charge in [0, 0.05) is 18.3 Å². The Bertz CT molecular complexity index is 388. The Labute approximate surface area is 99.2 Å². The second kappa shape index (κ2) is 6.67. The Hall–Kier alpha value is -1.76. The molecule has 0 saturated heterocycles. The van der Waals surface area contributed by atoms with Crippen LogP contribution in [0.15, 0.2) is 44.5 Å². The molecule has 0 bridgehead atoms. The Morgan fingerprint density at radius 3 is 2.00 bits per heavy atom. The topological polar surface area (TPSA) is 12.0 Å². The van der Waals surface area contributed by atoms with Gasteiger partial charge in [-0.25, -0.2) is 0 Å². The fourth-order valence-corrected chi connectivity index (χ4v) is 1.38. The third kappa shape index (κ3) is 3.43. The fraction of sp³-hybridized carbons (Fsp3) is 0.200. The minimum absolute atomic E-state index is 1.07. The van der Waals surface area contributed by atoms with Gasteiger partial charge < -0.3 is 5.32 Å². The molecule has 0 atom stereocenters. The summed E-state index contributed by atoms with van der Waals surface area (Å²) >= 11 is 0. The first kappa shape index (κ1) is 14.2. The molecule has 86 valence electrons. The van der Waals surface area contributed by atoms with E-state index in [1.54, 1.807) is 0 Å². The van der Waals surface area contributed by atoms with Gasteiger partial charge in [0.15, 0.2) is 0 Å². The molecule has 0 fully saturated rings. The summed E-state index contributed by atoms with van der Waals surface area (Å²) < 4.78 is 0. The van der Waals surface area contributed by atoms with Crippen LogP contribution in [-0.4, -0.2) is 7.05 Å². The van der Waals surface area contributed by atoms with E-state index in [4.69, 9.17) is 0 Å². The summed E-state index contributed by atoms with van der Waals surface area (Å²) in [5, 5.41) is 3.15. The quantitative estimate of drug-likeness (QED) is 0.727. The molecule has 0 amide bonds. The minimum atomic E-state index is 1.07. The number of nitrogens with one attached hydrogen (secondary N) is 1. The summed E-state index contributed by atoms with van der Waals surface area (Å²) in [5.41, 5.74) is 5.59. The number of allylic oxidation sites excluding steroid dienone is 2. The van der Waals surface area contributed by atoms with E-state index in [-0.39, 0.29) is 0 Å². The van der Waals surface area contributed by atoms with Crippen LogP contribution in [0.5, 0.6) is 0 Å². The monoisotopic (exact) mass is 215 g/mol. The van der Waals surface area contributed by atoms with Crippen LogP contribution in [0.3, 0.4) is 0 Å². The summed E-state index contributed by atoms with van der Waals surface area (Å²) in [5.74, 6) is 0. The second-order valence-electron chi connectivity index (χ2n) is 3.57. The molecular weight excluding hydrogens is 194 g/mol. The Morgan fingerprint density at radius 1 is 1.06 bits per heavy atom. The molecule has 0 unspecified atom stereocenters. The molecule has 1 aromatic rings. The summed E-state index contributed by atoms with van der Waals surface area (Å²) in [4.78, 5) is 0. The van der Waals surface area contributed by atoms with Crippen LogP contribution >= 0.6 is 0 Å². The van der Waals surface area contributed by atoms with Crippen LogP contribution in [0.2, 0.25) is 0 Å². The van der Waals surface area contributed by atoms with Crippen molar-refractivity contribution >= 4 is 16.8 Å². The molecule has 16 heavy (non-hydrogen) atoms. The maximum absolute atomic E-state index is 3.96. The standard InChI is InChI=1S/C13H17N.C2H4/c1-9(2)11-6-7-13(14-5)12(8-11)10(3)4;1-2/h6-8,14H,1,3H2,2,4-5H3;1-2H2. The first-order valence-electron chi connectivity index (χ1n) is 5.20. The highest BCUT2D eigenvalue weighted by Crippen LogP contribution is 2.25. The minimum Gasteiger partial charge on any atom is -0.388 e. The third-order valence-electron chi connectivity index (χ3n) is 2.24. The number of benzene rings is 1.